The summed E-state index contributed by atoms with van der Waals surface area (Å²) in [4.78, 5) is 15.2. The summed E-state index contributed by atoms with van der Waals surface area (Å²) in [6.45, 7) is 2.16. The maximum absolute atomic E-state index is 10.9. The van der Waals surface area contributed by atoms with Gasteiger partial charge in [0.25, 0.3) is 0 Å². The van der Waals surface area contributed by atoms with Gasteiger partial charge in [0.2, 0.25) is 5.89 Å². The predicted octanol–water partition coefficient (Wildman–Crippen LogP) is 4.66. The molecule has 0 aliphatic carbocycles. The van der Waals surface area contributed by atoms with Gasteiger partial charge in [0.1, 0.15) is 0 Å². The molecule has 1 heterocycles. The third kappa shape index (κ3) is 3.31. The Hall–Kier alpha value is -2.88. The molecular formula is C19H17NO3. The molecule has 0 saturated carbocycles. The lowest BCUT2D eigenvalue weighted by Gasteiger charge is -2.00. The molecule has 0 aliphatic rings. The Labute approximate surface area is 134 Å². The van der Waals surface area contributed by atoms with E-state index in [1.165, 1.54) is 5.56 Å². The van der Waals surface area contributed by atoms with Crippen molar-refractivity contribution in [2.45, 2.75) is 19.8 Å². The Balaban J connectivity index is 1.83. The van der Waals surface area contributed by atoms with Crippen LogP contribution in [0.2, 0.25) is 0 Å². The van der Waals surface area contributed by atoms with Crippen LogP contribution in [0.3, 0.4) is 0 Å². The number of rotatable bonds is 5. The topological polar surface area (TPSA) is 63.3 Å². The molecule has 0 spiro atoms. The minimum atomic E-state index is -0.947. The van der Waals surface area contributed by atoms with E-state index in [-0.39, 0.29) is 5.56 Å². The second kappa shape index (κ2) is 6.48. The second-order valence-electron chi connectivity index (χ2n) is 5.36. The molecule has 0 fully saturated rings. The minimum Gasteiger partial charge on any atom is -0.478 e. The summed E-state index contributed by atoms with van der Waals surface area (Å²) in [6.07, 6.45) is 3.88. The standard InChI is InChI=1S/C19H17NO3/c1-2-3-13-4-6-14(7-5-13)17-12-20-18(23-17)15-8-10-16(11-9-15)19(21)22/h4-12H,2-3H2,1H3,(H,21,22). The number of hydrogen-bond donors (Lipinski definition) is 1. The first-order valence-electron chi connectivity index (χ1n) is 7.56. The van der Waals surface area contributed by atoms with Crippen LogP contribution in [0.15, 0.2) is 59.1 Å². The molecule has 4 nitrogen and oxygen atoms in total. The van der Waals surface area contributed by atoms with E-state index in [1.54, 1.807) is 30.5 Å². The molecule has 0 amide bonds. The number of carboxylic acids is 1. The van der Waals surface area contributed by atoms with Crippen LogP contribution >= 0.6 is 0 Å². The van der Waals surface area contributed by atoms with Crippen molar-refractivity contribution in [2.75, 3.05) is 0 Å². The second-order valence-corrected chi connectivity index (χ2v) is 5.36. The summed E-state index contributed by atoms with van der Waals surface area (Å²) in [5.41, 5.74) is 3.28. The van der Waals surface area contributed by atoms with E-state index >= 15 is 0 Å². The molecule has 0 atom stereocenters. The zero-order valence-corrected chi connectivity index (χ0v) is 12.8. The maximum atomic E-state index is 10.9. The monoisotopic (exact) mass is 307 g/mol. The molecule has 2 aromatic carbocycles. The third-order valence-electron chi connectivity index (χ3n) is 3.66. The number of aryl methyl sites for hydroxylation is 1. The van der Waals surface area contributed by atoms with Crippen LogP contribution in [-0.4, -0.2) is 16.1 Å². The van der Waals surface area contributed by atoms with Gasteiger partial charge in [-0.1, -0.05) is 37.6 Å². The van der Waals surface area contributed by atoms with Crippen molar-refractivity contribution in [2.24, 2.45) is 0 Å². The number of carboxylic acid groups (broad SMARTS) is 1. The fourth-order valence-corrected chi connectivity index (χ4v) is 2.42. The van der Waals surface area contributed by atoms with Gasteiger partial charge >= 0.3 is 5.97 Å². The number of benzene rings is 2. The molecule has 0 saturated heterocycles. The SMILES string of the molecule is CCCc1ccc(-c2cnc(-c3ccc(C(=O)O)cc3)o2)cc1. The summed E-state index contributed by atoms with van der Waals surface area (Å²) in [5.74, 6) is 0.233. The van der Waals surface area contributed by atoms with Crippen molar-refractivity contribution in [3.8, 4) is 22.8 Å². The average molecular weight is 307 g/mol. The van der Waals surface area contributed by atoms with Gasteiger partial charge in [-0.2, -0.15) is 0 Å². The van der Waals surface area contributed by atoms with Crippen molar-refractivity contribution >= 4 is 5.97 Å². The fraction of sp³-hybridized carbons (Fsp3) is 0.158. The van der Waals surface area contributed by atoms with Gasteiger partial charge in [-0.3, -0.25) is 0 Å². The Morgan fingerprint density at radius 2 is 1.70 bits per heavy atom. The smallest absolute Gasteiger partial charge is 0.335 e. The summed E-state index contributed by atoms with van der Waals surface area (Å²) in [6, 6.07) is 14.7. The lowest BCUT2D eigenvalue weighted by atomic mass is 10.1. The molecule has 1 aromatic heterocycles. The van der Waals surface area contributed by atoms with Gasteiger partial charge in [-0.05, 0) is 36.2 Å². The predicted molar refractivity (Wildman–Crippen MR) is 88.3 cm³/mol. The third-order valence-corrected chi connectivity index (χ3v) is 3.66. The first kappa shape index (κ1) is 15.0. The summed E-state index contributed by atoms with van der Waals surface area (Å²) in [5, 5.41) is 8.92. The molecule has 1 N–H and O–H groups in total. The van der Waals surface area contributed by atoms with Gasteiger partial charge in [0.05, 0.1) is 11.8 Å². The number of nitrogens with zero attached hydrogens (tertiary/aromatic N) is 1. The highest BCUT2D eigenvalue weighted by Gasteiger charge is 2.10. The minimum absolute atomic E-state index is 0.243. The van der Waals surface area contributed by atoms with Crippen LogP contribution in [0, 0.1) is 0 Å². The first-order chi connectivity index (χ1) is 11.2. The van der Waals surface area contributed by atoms with Gasteiger partial charge in [0.15, 0.2) is 5.76 Å². The van der Waals surface area contributed by atoms with E-state index in [2.05, 4.69) is 24.0 Å². The van der Waals surface area contributed by atoms with Crippen molar-refractivity contribution in [3.63, 3.8) is 0 Å². The molecule has 0 bridgehead atoms. The fourth-order valence-electron chi connectivity index (χ4n) is 2.42. The largest absolute Gasteiger partial charge is 0.478 e. The number of carbonyl (C=O) groups is 1. The average Bonchev–Trinajstić information content (AvgIpc) is 3.06. The highest BCUT2D eigenvalue weighted by molar-refractivity contribution is 5.88. The van der Waals surface area contributed by atoms with Crippen LogP contribution in [0.25, 0.3) is 22.8 Å². The van der Waals surface area contributed by atoms with Gasteiger partial charge in [-0.25, -0.2) is 9.78 Å². The van der Waals surface area contributed by atoms with Crippen molar-refractivity contribution in [1.82, 2.24) is 4.98 Å². The molecule has 0 unspecified atom stereocenters. The van der Waals surface area contributed by atoms with E-state index in [0.717, 1.165) is 24.0 Å². The lowest BCUT2D eigenvalue weighted by molar-refractivity contribution is 0.0697. The van der Waals surface area contributed by atoms with Crippen LogP contribution in [0.4, 0.5) is 0 Å². The highest BCUT2D eigenvalue weighted by Crippen LogP contribution is 2.26. The normalized spacial score (nSPS) is 10.7. The number of oxazole rings is 1. The molecule has 3 rings (SSSR count). The van der Waals surface area contributed by atoms with Crippen molar-refractivity contribution in [1.29, 1.82) is 0 Å². The van der Waals surface area contributed by atoms with Crippen LogP contribution in [-0.2, 0) is 6.42 Å². The zero-order valence-electron chi connectivity index (χ0n) is 12.8. The molecule has 0 aliphatic heterocycles. The number of hydrogen-bond acceptors (Lipinski definition) is 3. The molecular weight excluding hydrogens is 290 g/mol. The van der Waals surface area contributed by atoms with Crippen LogP contribution in [0.1, 0.15) is 29.3 Å². The van der Waals surface area contributed by atoms with Gasteiger partial charge < -0.3 is 9.52 Å². The van der Waals surface area contributed by atoms with Crippen LogP contribution < -0.4 is 0 Å². The maximum Gasteiger partial charge on any atom is 0.335 e. The number of aromatic carboxylic acids is 1. The van der Waals surface area contributed by atoms with Crippen molar-refractivity contribution < 1.29 is 14.3 Å². The van der Waals surface area contributed by atoms with E-state index in [0.29, 0.717) is 11.7 Å². The summed E-state index contributed by atoms with van der Waals surface area (Å²) in [7, 11) is 0. The Morgan fingerprint density at radius 3 is 2.30 bits per heavy atom. The molecule has 3 aromatic rings. The van der Waals surface area contributed by atoms with E-state index in [4.69, 9.17) is 9.52 Å². The van der Waals surface area contributed by atoms with Gasteiger partial charge in [-0.15, -0.1) is 0 Å². The molecule has 4 heteroatoms. The summed E-state index contributed by atoms with van der Waals surface area (Å²) >= 11 is 0. The highest BCUT2D eigenvalue weighted by atomic mass is 16.4. The van der Waals surface area contributed by atoms with E-state index in [9.17, 15) is 4.79 Å². The number of aromatic nitrogens is 1. The Morgan fingerprint density at radius 1 is 1.04 bits per heavy atom. The zero-order chi connectivity index (χ0) is 16.2. The Bertz CT molecular complexity index is 801. The lowest BCUT2D eigenvalue weighted by Crippen LogP contribution is -1.94. The van der Waals surface area contributed by atoms with E-state index in [1.807, 2.05) is 12.1 Å². The van der Waals surface area contributed by atoms with Crippen LogP contribution in [0.5, 0.6) is 0 Å². The molecule has 23 heavy (non-hydrogen) atoms. The molecule has 116 valence electrons. The first-order valence-corrected chi connectivity index (χ1v) is 7.56. The molecule has 0 radical (unpaired) electrons. The van der Waals surface area contributed by atoms with E-state index < -0.39 is 5.97 Å². The summed E-state index contributed by atoms with van der Waals surface area (Å²) < 4.78 is 5.80. The van der Waals surface area contributed by atoms with Crippen molar-refractivity contribution in [3.05, 3.63) is 65.9 Å². The Kier molecular flexibility index (Phi) is 4.24. The van der Waals surface area contributed by atoms with Gasteiger partial charge in [0, 0.05) is 11.1 Å². The quantitative estimate of drug-likeness (QED) is 0.744.